The van der Waals surface area contributed by atoms with Gasteiger partial charge in [0.1, 0.15) is 5.82 Å². The Hall–Kier alpha value is -3.25. The van der Waals surface area contributed by atoms with E-state index < -0.39 is 27.0 Å². The van der Waals surface area contributed by atoms with Crippen molar-refractivity contribution in [2.75, 3.05) is 58.4 Å². The first kappa shape index (κ1) is 34.6. The minimum atomic E-state index is -3.26. The normalized spacial score (nSPS) is 24.4. The summed E-state index contributed by atoms with van der Waals surface area (Å²) in [4.78, 5) is 29.4. The predicted octanol–water partition coefficient (Wildman–Crippen LogP) is 5.28. The third-order valence-electron chi connectivity index (χ3n) is 11.3. The number of nitrogens with zero attached hydrogens (tertiary/aromatic N) is 2. The molecule has 2 saturated heterocycles. The van der Waals surface area contributed by atoms with E-state index in [4.69, 9.17) is 9.47 Å². The van der Waals surface area contributed by atoms with E-state index in [-0.39, 0.29) is 67.4 Å². The molecule has 0 radical (unpaired) electrons. The molecular formula is C36H47F2N3O6S. The Kier molecular flexibility index (Phi) is 10.0. The second-order valence-electron chi connectivity index (χ2n) is 14.3. The number of carbonyl (C=O) groups is 2. The van der Waals surface area contributed by atoms with Gasteiger partial charge in [-0.3, -0.25) is 9.69 Å². The van der Waals surface area contributed by atoms with Crippen LogP contribution in [0.25, 0.3) is 0 Å². The van der Waals surface area contributed by atoms with Gasteiger partial charge in [-0.25, -0.2) is 22.0 Å². The summed E-state index contributed by atoms with van der Waals surface area (Å²) in [5, 5.41) is 2.68. The number of piperidine rings is 1. The van der Waals surface area contributed by atoms with Crippen molar-refractivity contribution in [1.82, 2.24) is 10.2 Å². The van der Waals surface area contributed by atoms with Crippen molar-refractivity contribution in [3.63, 3.8) is 0 Å². The summed E-state index contributed by atoms with van der Waals surface area (Å²) in [5.41, 5.74) is -0.453. The first-order valence-electron chi connectivity index (χ1n) is 17.1. The van der Waals surface area contributed by atoms with Gasteiger partial charge in [-0.2, -0.15) is 0 Å². The van der Waals surface area contributed by atoms with Gasteiger partial charge in [-0.05, 0) is 111 Å². The largest absolute Gasteiger partial charge is 0.469 e. The number of sulfone groups is 1. The average molecular weight is 688 g/mol. The number of hydrogen-bond donors (Lipinski definition) is 1. The second kappa shape index (κ2) is 13.9. The lowest BCUT2D eigenvalue weighted by atomic mass is 9.57. The quantitative estimate of drug-likeness (QED) is 0.301. The zero-order valence-electron chi connectivity index (χ0n) is 27.8. The molecule has 4 fully saturated rings. The standard InChI is InChI=1S/C36H47F2N3O6S/c1-46-33(42)19-25-5-3-8-32(25)36(21-39-34(43)47-2,27-6-4-7-28(37)20-27)26-15-17-40(18-16-26)22-35(38)23-41(24-35)29-9-11-30(12-10-29)48(44,45)31-13-14-31/h4,6-7,9-12,20,25-26,31-32H,3,5,8,13-19,21-24H2,1-2H3,(H,39,43)/t25-,32+,36+/m1/s1. The molecule has 0 aromatic heterocycles. The van der Waals surface area contributed by atoms with Gasteiger partial charge in [0.15, 0.2) is 15.5 Å². The molecule has 1 amide bonds. The number of methoxy groups -OCH3 is 2. The number of anilines is 1. The maximum absolute atomic E-state index is 16.0. The molecule has 1 N–H and O–H groups in total. The van der Waals surface area contributed by atoms with E-state index >= 15 is 4.39 Å². The monoisotopic (exact) mass is 687 g/mol. The van der Waals surface area contributed by atoms with Crippen LogP contribution in [0.3, 0.4) is 0 Å². The van der Waals surface area contributed by atoms with Gasteiger partial charge in [-0.15, -0.1) is 0 Å². The van der Waals surface area contributed by atoms with Crippen molar-refractivity contribution in [3.8, 4) is 0 Å². The zero-order valence-corrected chi connectivity index (χ0v) is 28.7. The number of hydrogen-bond acceptors (Lipinski definition) is 8. The van der Waals surface area contributed by atoms with Crippen molar-refractivity contribution in [2.24, 2.45) is 17.8 Å². The highest BCUT2D eigenvalue weighted by molar-refractivity contribution is 7.92. The molecule has 0 unspecified atom stereocenters. The average Bonchev–Trinajstić information content (AvgIpc) is 3.85. The van der Waals surface area contributed by atoms with Crippen molar-refractivity contribution >= 4 is 27.6 Å². The van der Waals surface area contributed by atoms with Gasteiger partial charge in [0, 0.05) is 30.6 Å². The van der Waals surface area contributed by atoms with E-state index in [1.807, 2.05) is 11.0 Å². The smallest absolute Gasteiger partial charge is 0.406 e. The zero-order chi connectivity index (χ0) is 34.1. The van der Waals surface area contributed by atoms with Crippen molar-refractivity contribution in [3.05, 3.63) is 59.9 Å². The molecule has 2 aromatic rings. The number of likely N-dealkylation sites (tertiary alicyclic amines) is 1. The fourth-order valence-corrected chi connectivity index (χ4v) is 10.5. The molecule has 2 saturated carbocycles. The van der Waals surface area contributed by atoms with Crippen LogP contribution in [0.2, 0.25) is 0 Å². The molecule has 0 spiro atoms. The van der Waals surface area contributed by atoms with Crippen LogP contribution >= 0.6 is 0 Å². The minimum Gasteiger partial charge on any atom is -0.469 e. The highest BCUT2D eigenvalue weighted by Crippen LogP contribution is 2.53. The predicted molar refractivity (Wildman–Crippen MR) is 178 cm³/mol. The number of rotatable bonds is 12. The summed E-state index contributed by atoms with van der Waals surface area (Å²) in [6.45, 7) is 2.27. The minimum absolute atomic E-state index is 0.00883. The lowest BCUT2D eigenvalue weighted by Crippen LogP contribution is -2.64. The van der Waals surface area contributed by atoms with Crippen molar-refractivity contribution in [2.45, 2.75) is 72.6 Å². The Labute approximate surface area is 282 Å². The molecule has 48 heavy (non-hydrogen) atoms. The number of alkyl halides is 1. The van der Waals surface area contributed by atoms with Crippen LogP contribution in [0.1, 0.15) is 56.9 Å². The molecule has 3 atom stereocenters. The van der Waals surface area contributed by atoms with E-state index in [1.165, 1.54) is 20.3 Å². The number of amides is 1. The molecule has 2 aromatic carbocycles. The van der Waals surface area contributed by atoms with E-state index in [1.54, 1.807) is 36.4 Å². The first-order chi connectivity index (χ1) is 23.0. The fourth-order valence-electron chi connectivity index (χ4n) is 8.80. The number of carbonyl (C=O) groups excluding carboxylic acids is 2. The van der Waals surface area contributed by atoms with Crippen molar-refractivity contribution < 1.29 is 36.3 Å². The number of halogens is 2. The summed E-state index contributed by atoms with van der Waals surface area (Å²) in [6, 6.07) is 13.4. The Bertz CT molecular complexity index is 1570. The van der Waals surface area contributed by atoms with Gasteiger partial charge in [0.25, 0.3) is 0 Å². The Balaban J connectivity index is 1.16. The molecule has 6 rings (SSSR count). The number of nitrogens with one attached hydrogen (secondary N) is 1. The van der Waals surface area contributed by atoms with Gasteiger partial charge in [0.2, 0.25) is 0 Å². The molecular weight excluding hydrogens is 640 g/mol. The molecule has 2 aliphatic carbocycles. The fraction of sp³-hybridized carbons (Fsp3) is 0.611. The highest BCUT2D eigenvalue weighted by atomic mass is 32.2. The molecule has 0 bridgehead atoms. The van der Waals surface area contributed by atoms with Gasteiger partial charge < -0.3 is 19.7 Å². The second-order valence-corrected chi connectivity index (χ2v) is 16.5. The molecule has 2 aliphatic heterocycles. The molecule has 9 nitrogen and oxygen atoms in total. The number of benzene rings is 2. The first-order valence-corrected chi connectivity index (χ1v) is 18.7. The SMILES string of the molecule is COC(=O)C[C@H]1CCC[C@@H]1[C@](CNC(=O)OC)(c1cccc(F)c1)C1CCN(CC2(F)CN(c3ccc(S(=O)(=O)C4CC4)cc3)C2)CC1. The lowest BCUT2D eigenvalue weighted by molar-refractivity contribution is -0.142. The molecule has 4 aliphatic rings. The van der Waals surface area contributed by atoms with Gasteiger partial charge >= 0.3 is 12.1 Å². The number of esters is 1. The Morgan fingerprint density at radius 2 is 1.69 bits per heavy atom. The van der Waals surface area contributed by atoms with Crippen LogP contribution in [-0.4, -0.2) is 89.8 Å². The summed E-state index contributed by atoms with van der Waals surface area (Å²) in [6.07, 6.45) is 5.15. The summed E-state index contributed by atoms with van der Waals surface area (Å²) in [5.74, 6) is -0.600. The lowest BCUT2D eigenvalue weighted by Gasteiger charge is -2.52. The maximum Gasteiger partial charge on any atom is 0.406 e. The van der Waals surface area contributed by atoms with Crippen LogP contribution in [0.4, 0.5) is 19.3 Å². The van der Waals surface area contributed by atoms with Gasteiger partial charge in [0.05, 0.1) is 37.5 Å². The molecule has 262 valence electrons. The topological polar surface area (TPSA) is 105 Å². The van der Waals surface area contributed by atoms with Crippen LogP contribution < -0.4 is 10.2 Å². The molecule has 2 heterocycles. The highest BCUT2D eigenvalue weighted by Gasteiger charge is 2.53. The van der Waals surface area contributed by atoms with E-state index in [9.17, 15) is 22.4 Å². The van der Waals surface area contributed by atoms with E-state index in [0.29, 0.717) is 30.8 Å². The summed E-state index contributed by atoms with van der Waals surface area (Å²) < 4.78 is 66.0. The van der Waals surface area contributed by atoms with E-state index in [2.05, 4.69) is 10.2 Å². The van der Waals surface area contributed by atoms with E-state index in [0.717, 1.165) is 43.4 Å². The van der Waals surface area contributed by atoms with Crippen LogP contribution in [0.5, 0.6) is 0 Å². The third-order valence-corrected chi connectivity index (χ3v) is 13.6. The summed E-state index contributed by atoms with van der Waals surface area (Å²) in [7, 11) is -0.562. The summed E-state index contributed by atoms with van der Waals surface area (Å²) >= 11 is 0. The third kappa shape index (κ3) is 7.06. The number of alkyl carbamates (subject to hydrolysis) is 1. The Morgan fingerprint density at radius 1 is 0.979 bits per heavy atom. The maximum atomic E-state index is 16.0. The van der Waals surface area contributed by atoms with Crippen LogP contribution in [0, 0.1) is 23.6 Å². The van der Waals surface area contributed by atoms with Gasteiger partial charge in [-0.1, -0.05) is 18.6 Å². The molecule has 12 heteroatoms. The van der Waals surface area contributed by atoms with Crippen LogP contribution in [-0.2, 0) is 29.5 Å². The number of ether oxygens (including phenoxy) is 2. The van der Waals surface area contributed by atoms with Crippen molar-refractivity contribution in [1.29, 1.82) is 0 Å². The Morgan fingerprint density at radius 3 is 2.31 bits per heavy atom. The van der Waals surface area contributed by atoms with Crippen LogP contribution in [0.15, 0.2) is 53.4 Å².